The third-order valence-electron chi connectivity index (χ3n) is 5.11. The van der Waals surface area contributed by atoms with Crippen LogP contribution in [-0.4, -0.2) is 44.8 Å². The standard InChI is InChI=1S/C22H29N3O3S/c1-4-24(20-13-17(2)12-18(3)14-20)16-22(26)23-19-8-7-9-21(15-19)29(27,28)25-10-5-6-11-25/h7-9,12-15H,4-6,10-11,16H2,1-3H3,(H,23,26). The van der Waals surface area contributed by atoms with E-state index in [1.807, 2.05) is 25.7 Å². The molecule has 1 heterocycles. The molecule has 0 aromatic heterocycles. The van der Waals surface area contributed by atoms with Crippen molar-refractivity contribution in [1.29, 1.82) is 0 Å². The summed E-state index contributed by atoms with van der Waals surface area (Å²) in [5.41, 5.74) is 3.80. The Morgan fingerprint density at radius 1 is 1.07 bits per heavy atom. The predicted octanol–water partition coefficient (Wildman–Crippen LogP) is 3.55. The Morgan fingerprint density at radius 2 is 1.72 bits per heavy atom. The second-order valence-electron chi connectivity index (χ2n) is 7.55. The Labute approximate surface area is 173 Å². The lowest BCUT2D eigenvalue weighted by molar-refractivity contribution is -0.115. The fraction of sp³-hybridized carbons (Fsp3) is 0.409. The molecule has 1 aliphatic heterocycles. The van der Waals surface area contributed by atoms with Gasteiger partial charge < -0.3 is 10.2 Å². The number of aryl methyl sites for hydroxylation is 2. The Hall–Kier alpha value is -2.38. The van der Waals surface area contributed by atoms with E-state index in [4.69, 9.17) is 0 Å². The van der Waals surface area contributed by atoms with Crippen LogP contribution in [0.25, 0.3) is 0 Å². The number of nitrogens with one attached hydrogen (secondary N) is 1. The van der Waals surface area contributed by atoms with E-state index in [1.54, 1.807) is 24.3 Å². The van der Waals surface area contributed by atoms with Crippen LogP contribution in [0.1, 0.15) is 30.9 Å². The van der Waals surface area contributed by atoms with E-state index in [-0.39, 0.29) is 17.3 Å². The van der Waals surface area contributed by atoms with E-state index >= 15 is 0 Å². The SMILES string of the molecule is CCN(CC(=O)Nc1cccc(S(=O)(=O)N2CCCC2)c1)c1cc(C)cc(C)c1. The summed E-state index contributed by atoms with van der Waals surface area (Å²) in [5.74, 6) is -0.179. The molecule has 29 heavy (non-hydrogen) atoms. The smallest absolute Gasteiger partial charge is 0.243 e. The van der Waals surface area contributed by atoms with Crippen molar-refractivity contribution in [2.45, 2.75) is 38.5 Å². The third-order valence-corrected chi connectivity index (χ3v) is 7.00. The highest BCUT2D eigenvalue weighted by Gasteiger charge is 2.27. The third kappa shape index (κ3) is 5.16. The molecule has 0 aliphatic carbocycles. The molecular weight excluding hydrogens is 386 g/mol. The lowest BCUT2D eigenvalue weighted by Gasteiger charge is -2.23. The maximum atomic E-state index is 12.8. The average Bonchev–Trinajstić information content (AvgIpc) is 3.21. The molecule has 0 saturated carbocycles. The van der Waals surface area contributed by atoms with Gasteiger partial charge in [-0.3, -0.25) is 4.79 Å². The fourth-order valence-corrected chi connectivity index (χ4v) is 5.27. The predicted molar refractivity (Wildman–Crippen MR) is 117 cm³/mol. The van der Waals surface area contributed by atoms with Crippen LogP contribution in [-0.2, 0) is 14.8 Å². The van der Waals surface area contributed by atoms with E-state index in [9.17, 15) is 13.2 Å². The van der Waals surface area contributed by atoms with Gasteiger partial charge in [-0.05, 0) is 75.1 Å². The van der Waals surface area contributed by atoms with E-state index in [2.05, 4.69) is 23.5 Å². The van der Waals surface area contributed by atoms with Gasteiger partial charge in [0, 0.05) is 31.0 Å². The normalized spacial score (nSPS) is 14.7. The zero-order chi connectivity index (χ0) is 21.0. The fourth-order valence-electron chi connectivity index (χ4n) is 3.70. The molecule has 2 aromatic carbocycles. The van der Waals surface area contributed by atoms with Gasteiger partial charge in [0.05, 0.1) is 11.4 Å². The number of nitrogens with zero attached hydrogens (tertiary/aromatic N) is 2. The van der Waals surface area contributed by atoms with Gasteiger partial charge in [-0.2, -0.15) is 4.31 Å². The van der Waals surface area contributed by atoms with Crippen LogP contribution in [0.5, 0.6) is 0 Å². The van der Waals surface area contributed by atoms with Crippen LogP contribution >= 0.6 is 0 Å². The van der Waals surface area contributed by atoms with Crippen molar-refractivity contribution in [3.63, 3.8) is 0 Å². The van der Waals surface area contributed by atoms with Gasteiger partial charge in [-0.1, -0.05) is 12.1 Å². The summed E-state index contributed by atoms with van der Waals surface area (Å²) in [6, 6.07) is 12.7. The number of rotatable bonds is 7. The highest BCUT2D eigenvalue weighted by Crippen LogP contribution is 2.23. The number of sulfonamides is 1. The van der Waals surface area contributed by atoms with Crippen LogP contribution in [0.15, 0.2) is 47.4 Å². The van der Waals surface area contributed by atoms with Gasteiger partial charge in [0.15, 0.2) is 0 Å². The molecule has 1 N–H and O–H groups in total. The second kappa shape index (κ2) is 8.97. The van der Waals surface area contributed by atoms with Gasteiger partial charge in [0.1, 0.15) is 0 Å². The first-order chi connectivity index (χ1) is 13.8. The molecule has 0 atom stereocenters. The van der Waals surface area contributed by atoms with Gasteiger partial charge in [0.2, 0.25) is 15.9 Å². The van der Waals surface area contributed by atoms with Crippen molar-refractivity contribution < 1.29 is 13.2 Å². The Morgan fingerprint density at radius 3 is 2.34 bits per heavy atom. The largest absolute Gasteiger partial charge is 0.362 e. The maximum Gasteiger partial charge on any atom is 0.243 e. The average molecular weight is 416 g/mol. The summed E-state index contributed by atoms with van der Waals surface area (Å²) in [6.07, 6.45) is 1.78. The molecule has 156 valence electrons. The molecule has 0 radical (unpaired) electrons. The first-order valence-electron chi connectivity index (χ1n) is 10.0. The van der Waals surface area contributed by atoms with Gasteiger partial charge in [-0.15, -0.1) is 0 Å². The number of hydrogen-bond donors (Lipinski definition) is 1. The number of anilines is 2. The van der Waals surface area contributed by atoms with Crippen LogP contribution < -0.4 is 10.2 Å². The van der Waals surface area contributed by atoms with Crippen molar-refractivity contribution in [3.05, 3.63) is 53.6 Å². The molecule has 0 unspecified atom stereocenters. The summed E-state index contributed by atoms with van der Waals surface area (Å²) >= 11 is 0. The van der Waals surface area contributed by atoms with Crippen LogP contribution in [0.3, 0.4) is 0 Å². The first-order valence-corrected chi connectivity index (χ1v) is 11.5. The molecule has 1 aliphatic rings. The van der Waals surface area contributed by atoms with Gasteiger partial charge in [0.25, 0.3) is 0 Å². The number of benzene rings is 2. The summed E-state index contributed by atoms with van der Waals surface area (Å²) in [6.45, 7) is 8.09. The molecule has 1 amide bonds. The highest BCUT2D eigenvalue weighted by molar-refractivity contribution is 7.89. The molecular formula is C22H29N3O3S. The lowest BCUT2D eigenvalue weighted by atomic mass is 10.1. The first kappa shape index (κ1) is 21.3. The van der Waals surface area contributed by atoms with Crippen molar-refractivity contribution in [2.75, 3.05) is 36.4 Å². The zero-order valence-electron chi connectivity index (χ0n) is 17.3. The van der Waals surface area contributed by atoms with E-state index in [0.717, 1.165) is 29.7 Å². The Kier molecular flexibility index (Phi) is 6.59. The molecule has 2 aromatic rings. The summed E-state index contributed by atoms with van der Waals surface area (Å²) in [5, 5.41) is 2.85. The highest BCUT2D eigenvalue weighted by atomic mass is 32.2. The Balaban J connectivity index is 1.72. The van der Waals surface area contributed by atoms with Crippen LogP contribution in [0.4, 0.5) is 11.4 Å². The second-order valence-corrected chi connectivity index (χ2v) is 9.49. The minimum atomic E-state index is -3.51. The van der Waals surface area contributed by atoms with Crippen molar-refractivity contribution >= 4 is 27.3 Å². The van der Waals surface area contributed by atoms with Gasteiger partial charge >= 0.3 is 0 Å². The topological polar surface area (TPSA) is 69.7 Å². The minimum Gasteiger partial charge on any atom is -0.362 e. The quantitative estimate of drug-likeness (QED) is 0.751. The van der Waals surface area contributed by atoms with Crippen LogP contribution in [0, 0.1) is 13.8 Å². The molecule has 7 heteroatoms. The van der Waals surface area contributed by atoms with E-state index in [1.165, 1.54) is 4.31 Å². The maximum absolute atomic E-state index is 12.8. The van der Waals surface area contributed by atoms with Crippen molar-refractivity contribution in [3.8, 4) is 0 Å². The van der Waals surface area contributed by atoms with Gasteiger partial charge in [-0.25, -0.2) is 8.42 Å². The molecule has 3 rings (SSSR count). The molecule has 6 nitrogen and oxygen atoms in total. The summed E-state index contributed by atoms with van der Waals surface area (Å²) < 4.78 is 27.0. The van der Waals surface area contributed by atoms with Crippen molar-refractivity contribution in [1.82, 2.24) is 4.31 Å². The monoisotopic (exact) mass is 415 g/mol. The lowest BCUT2D eigenvalue weighted by Crippen LogP contribution is -2.33. The van der Waals surface area contributed by atoms with E-state index < -0.39 is 10.0 Å². The molecule has 1 fully saturated rings. The zero-order valence-corrected chi connectivity index (χ0v) is 18.1. The summed E-state index contributed by atoms with van der Waals surface area (Å²) in [7, 11) is -3.51. The minimum absolute atomic E-state index is 0.179. The number of likely N-dealkylation sites (N-methyl/N-ethyl adjacent to an activating group) is 1. The van der Waals surface area contributed by atoms with E-state index in [0.29, 0.717) is 25.3 Å². The van der Waals surface area contributed by atoms with Crippen LogP contribution in [0.2, 0.25) is 0 Å². The molecule has 0 spiro atoms. The number of carbonyl (C=O) groups excluding carboxylic acids is 1. The number of carbonyl (C=O) groups is 1. The Bertz CT molecular complexity index is 962. The van der Waals surface area contributed by atoms with Crippen molar-refractivity contribution in [2.24, 2.45) is 0 Å². The number of amides is 1. The summed E-state index contributed by atoms with van der Waals surface area (Å²) in [4.78, 5) is 14.9. The molecule has 1 saturated heterocycles. The molecule has 0 bridgehead atoms. The number of hydrogen-bond acceptors (Lipinski definition) is 4.